The van der Waals surface area contributed by atoms with E-state index >= 15 is 0 Å². The predicted octanol–water partition coefficient (Wildman–Crippen LogP) is 2.15. The van der Waals surface area contributed by atoms with Gasteiger partial charge in [-0.05, 0) is 38.0 Å². The Morgan fingerprint density at radius 2 is 1.94 bits per heavy atom. The Labute approximate surface area is 102 Å². The Morgan fingerprint density at radius 3 is 2.65 bits per heavy atom. The summed E-state index contributed by atoms with van der Waals surface area (Å²) >= 11 is 0. The summed E-state index contributed by atoms with van der Waals surface area (Å²) in [6, 6.07) is 0. The summed E-state index contributed by atoms with van der Waals surface area (Å²) in [5.74, 6) is 8.79. The molecule has 0 bridgehead atoms. The molecule has 4 nitrogen and oxygen atoms in total. The van der Waals surface area contributed by atoms with Gasteiger partial charge in [-0.1, -0.05) is 13.3 Å². The van der Waals surface area contributed by atoms with Crippen molar-refractivity contribution in [3.05, 3.63) is 17.1 Å². The van der Waals surface area contributed by atoms with Crippen LogP contribution in [0.5, 0.6) is 0 Å². The Morgan fingerprint density at radius 1 is 1.18 bits per heavy atom. The van der Waals surface area contributed by atoms with Gasteiger partial charge in [0, 0.05) is 17.2 Å². The van der Waals surface area contributed by atoms with E-state index in [1.165, 1.54) is 36.9 Å². The number of nitrogen functional groups attached to an aromatic ring is 1. The van der Waals surface area contributed by atoms with E-state index in [1.807, 2.05) is 0 Å². The molecule has 2 aliphatic rings. The fourth-order valence-electron chi connectivity index (χ4n) is 2.76. The molecular weight excluding hydrogens is 212 g/mol. The average Bonchev–Trinajstić information content (AvgIpc) is 3.09. The van der Waals surface area contributed by atoms with Crippen molar-refractivity contribution in [3.63, 3.8) is 0 Å². The smallest absolute Gasteiger partial charge is 0.147 e. The van der Waals surface area contributed by atoms with Crippen LogP contribution in [0.2, 0.25) is 0 Å². The standard InChI is InChI=1S/C13H20N4/c1-8-7-10(8)12-15-11-6-4-2-3-5-9(11)13(16-12)17-14/h8,10H,2-7,14H2,1H3,(H,15,16,17). The fraction of sp³-hybridized carbons (Fsp3) is 0.692. The molecular formula is C13H20N4. The van der Waals surface area contributed by atoms with Crippen LogP contribution in [0.1, 0.15) is 55.6 Å². The minimum Gasteiger partial charge on any atom is -0.308 e. The summed E-state index contributed by atoms with van der Waals surface area (Å²) in [5, 5.41) is 0. The molecule has 17 heavy (non-hydrogen) atoms. The number of fused-ring (bicyclic) bond motifs is 1. The number of aryl methyl sites for hydroxylation is 1. The summed E-state index contributed by atoms with van der Waals surface area (Å²) in [4.78, 5) is 9.40. The molecule has 1 saturated carbocycles. The zero-order chi connectivity index (χ0) is 11.8. The molecule has 0 spiro atoms. The highest BCUT2D eigenvalue weighted by atomic mass is 15.3. The highest BCUT2D eigenvalue weighted by Crippen LogP contribution is 2.46. The maximum atomic E-state index is 5.61. The number of hydrogen-bond donors (Lipinski definition) is 2. The molecule has 3 rings (SSSR count). The molecule has 0 amide bonds. The van der Waals surface area contributed by atoms with Crippen LogP contribution in [-0.4, -0.2) is 9.97 Å². The second-order valence-corrected chi connectivity index (χ2v) is 5.38. The number of rotatable bonds is 2. The van der Waals surface area contributed by atoms with Gasteiger partial charge >= 0.3 is 0 Å². The van der Waals surface area contributed by atoms with Gasteiger partial charge in [-0.15, -0.1) is 0 Å². The van der Waals surface area contributed by atoms with Crippen molar-refractivity contribution in [1.29, 1.82) is 0 Å². The first-order chi connectivity index (χ1) is 8.29. The van der Waals surface area contributed by atoms with E-state index in [1.54, 1.807) is 0 Å². The van der Waals surface area contributed by atoms with Gasteiger partial charge in [0.1, 0.15) is 11.6 Å². The van der Waals surface area contributed by atoms with Gasteiger partial charge in [0.05, 0.1) is 0 Å². The molecule has 92 valence electrons. The first-order valence-electron chi connectivity index (χ1n) is 6.66. The number of nitrogens with zero attached hydrogens (tertiary/aromatic N) is 2. The van der Waals surface area contributed by atoms with Crippen LogP contribution in [0.15, 0.2) is 0 Å². The minimum atomic E-state index is 0.565. The van der Waals surface area contributed by atoms with E-state index in [-0.39, 0.29) is 0 Å². The van der Waals surface area contributed by atoms with E-state index in [2.05, 4.69) is 17.3 Å². The average molecular weight is 232 g/mol. The Kier molecular flexibility index (Phi) is 2.74. The Bertz CT molecular complexity index is 430. The van der Waals surface area contributed by atoms with Crippen LogP contribution in [0.4, 0.5) is 5.82 Å². The number of anilines is 1. The topological polar surface area (TPSA) is 63.8 Å². The molecule has 0 aromatic carbocycles. The van der Waals surface area contributed by atoms with Gasteiger partial charge in [0.25, 0.3) is 0 Å². The third kappa shape index (κ3) is 2.02. The Balaban J connectivity index is 2.01. The van der Waals surface area contributed by atoms with Crippen LogP contribution in [0.3, 0.4) is 0 Å². The lowest BCUT2D eigenvalue weighted by molar-refractivity contribution is 0.707. The second kappa shape index (κ2) is 4.26. The molecule has 2 aliphatic carbocycles. The van der Waals surface area contributed by atoms with E-state index in [0.717, 1.165) is 30.4 Å². The lowest BCUT2D eigenvalue weighted by Gasteiger charge is -2.12. The fourth-order valence-corrected chi connectivity index (χ4v) is 2.76. The quantitative estimate of drug-likeness (QED) is 0.466. The summed E-state index contributed by atoms with van der Waals surface area (Å²) in [6.45, 7) is 2.26. The predicted molar refractivity (Wildman–Crippen MR) is 67.6 cm³/mol. The molecule has 0 aliphatic heterocycles. The third-order valence-electron chi connectivity index (χ3n) is 4.03. The first kappa shape index (κ1) is 11.0. The molecule has 4 heteroatoms. The summed E-state index contributed by atoms with van der Waals surface area (Å²) in [6.07, 6.45) is 7.13. The highest BCUT2D eigenvalue weighted by molar-refractivity contribution is 5.47. The maximum absolute atomic E-state index is 5.61. The zero-order valence-electron chi connectivity index (χ0n) is 10.4. The van der Waals surface area contributed by atoms with Gasteiger partial charge in [0.2, 0.25) is 0 Å². The maximum Gasteiger partial charge on any atom is 0.147 e. The van der Waals surface area contributed by atoms with E-state index in [4.69, 9.17) is 10.8 Å². The summed E-state index contributed by atoms with van der Waals surface area (Å²) in [5.41, 5.74) is 5.26. The van der Waals surface area contributed by atoms with E-state index in [9.17, 15) is 0 Å². The van der Waals surface area contributed by atoms with Crippen LogP contribution >= 0.6 is 0 Å². The minimum absolute atomic E-state index is 0.565. The van der Waals surface area contributed by atoms with Crippen molar-refractivity contribution in [2.75, 3.05) is 5.43 Å². The molecule has 1 aromatic rings. The van der Waals surface area contributed by atoms with Crippen LogP contribution in [0.25, 0.3) is 0 Å². The van der Waals surface area contributed by atoms with Crippen molar-refractivity contribution in [1.82, 2.24) is 9.97 Å². The highest BCUT2D eigenvalue weighted by Gasteiger charge is 2.37. The first-order valence-corrected chi connectivity index (χ1v) is 6.66. The molecule has 0 saturated heterocycles. The van der Waals surface area contributed by atoms with Gasteiger partial charge in [-0.2, -0.15) is 0 Å². The monoisotopic (exact) mass is 232 g/mol. The van der Waals surface area contributed by atoms with Gasteiger partial charge < -0.3 is 5.43 Å². The van der Waals surface area contributed by atoms with Gasteiger partial charge in [-0.3, -0.25) is 0 Å². The molecule has 2 unspecified atom stereocenters. The number of nitrogens with one attached hydrogen (secondary N) is 1. The van der Waals surface area contributed by atoms with E-state index in [0.29, 0.717) is 5.92 Å². The lowest BCUT2D eigenvalue weighted by atomic mass is 10.1. The van der Waals surface area contributed by atoms with Crippen LogP contribution < -0.4 is 11.3 Å². The van der Waals surface area contributed by atoms with E-state index < -0.39 is 0 Å². The van der Waals surface area contributed by atoms with Gasteiger partial charge in [0.15, 0.2) is 0 Å². The number of nitrogens with two attached hydrogens (primary N) is 1. The van der Waals surface area contributed by atoms with Gasteiger partial charge in [-0.25, -0.2) is 15.8 Å². The third-order valence-corrected chi connectivity index (χ3v) is 4.03. The molecule has 1 heterocycles. The number of aromatic nitrogens is 2. The van der Waals surface area contributed by atoms with Crippen molar-refractivity contribution in [3.8, 4) is 0 Å². The molecule has 1 aromatic heterocycles. The number of hydrazine groups is 1. The van der Waals surface area contributed by atoms with Crippen molar-refractivity contribution < 1.29 is 0 Å². The molecule has 1 fully saturated rings. The largest absolute Gasteiger partial charge is 0.308 e. The van der Waals surface area contributed by atoms with Crippen LogP contribution in [0, 0.1) is 5.92 Å². The zero-order valence-corrected chi connectivity index (χ0v) is 10.4. The summed E-state index contributed by atoms with van der Waals surface area (Å²) in [7, 11) is 0. The Hall–Kier alpha value is -1.16. The number of hydrogen-bond acceptors (Lipinski definition) is 4. The second-order valence-electron chi connectivity index (χ2n) is 5.38. The lowest BCUT2D eigenvalue weighted by Crippen LogP contribution is -2.15. The van der Waals surface area contributed by atoms with Crippen molar-refractivity contribution in [2.24, 2.45) is 11.8 Å². The van der Waals surface area contributed by atoms with Crippen LogP contribution in [-0.2, 0) is 12.8 Å². The summed E-state index contributed by atoms with van der Waals surface area (Å²) < 4.78 is 0. The normalized spacial score (nSPS) is 27.2. The van der Waals surface area contributed by atoms with Crippen molar-refractivity contribution in [2.45, 2.75) is 51.4 Å². The SMILES string of the molecule is CC1CC1c1nc2c(c(NN)n1)CCCCC2. The van der Waals surface area contributed by atoms with Crippen molar-refractivity contribution >= 4 is 5.82 Å². The molecule has 3 N–H and O–H groups in total. The molecule has 2 atom stereocenters. The molecule has 0 radical (unpaired) electrons.